The summed E-state index contributed by atoms with van der Waals surface area (Å²) in [5, 5.41) is 15.7. The van der Waals surface area contributed by atoms with Gasteiger partial charge in [-0.05, 0) is 87.0 Å². The number of amides is 3. The minimum absolute atomic E-state index is 0.0133. The molecule has 0 aliphatic carbocycles. The van der Waals surface area contributed by atoms with E-state index in [9.17, 15) is 23.1 Å². The molecule has 0 saturated heterocycles. The zero-order chi connectivity index (χ0) is 37.4. The van der Waals surface area contributed by atoms with Crippen LogP contribution in [0.3, 0.4) is 0 Å². The number of benzene rings is 4. The van der Waals surface area contributed by atoms with E-state index >= 15 is 0 Å². The number of halogens is 1. The van der Waals surface area contributed by atoms with Crippen molar-refractivity contribution in [2.45, 2.75) is 63.2 Å². The molecule has 11 nitrogen and oxygen atoms in total. The van der Waals surface area contributed by atoms with Gasteiger partial charge in [0.1, 0.15) is 5.75 Å². The maximum absolute atomic E-state index is 14.5. The Labute approximate surface area is 310 Å². The lowest BCUT2D eigenvalue weighted by Gasteiger charge is -2.35. The molecule has 4 aromatic rings. The van der Waals surface area contributed by atoms with E-state index in [0.29, 0.717) is 29.5 Å². The van der Waals surface area contributed by atoms with Gasteiger partial charge in [-0.1, -0.05) is 54.9 Å². The van der Waals surface area contributed by atoms with Gasteiger partial charge in [-0.3, -0.25) is 9.52 Å². The number of aliphatic hydroxyl groups is 1. The quantitative estimate of drug-likeness (QED) is 0.173. The van der Waals surface area contributed by atoms with Gasteiger partial charge in [-0.15, -0.1) is 0 Å². The standard InChI is InChI=1S/C39H47ClN4O7S/c1-26-23-44(27(2)25-45)38(46)34-22-31(42-52(48,49)32-18-15-30(40)16-19-32)17-20-36(34)51-28(3)10-7-8-21-50-37(26)24-43(4)39(47)41-35-14-9-12-29-11-5-6-13-33(29)35/h5-6,9,11-20,22,26-28,37,42,45H,7-8,10,21,23-25H2,1-4H3,(H,41,47)/t26-,27+,28-,37+/m1/s1. The van der Waals surface area contributed by atoms with E-state index in [1.807, 2.05) is 56.3 Å². The third kappa shape index (κ3) is 9.74. The molecule has 0 fully saturated rings. The molecule has 278 valence electrons. The Morgan fingerprint density at radius 2 is 1.77 bits per heavy atom. The summed E-state index contributed by atoms with van der Waals surface area (Å²) in [4.78, 5) is 31.1. The number of hydrogen-bond donors (Lipinski definition) is 3. The van der Waals surface area contributed by atoms with Crippen molar-refractivity contribution in [3.05, 3.63) is 95.5 Å². The van der Waals surface area contributed by atoms with Crippen LogP contribution in [0.1, 0.15) is 50.4 Å². The summed E-state index contributed by atoms with van der Waals surface area (Å²) >= 11 is 5.96. The van der Waals surface area contributed by atoms with Gasteiger partial charge in [0, 0.05) is 48.8 Å². The lowest BCUT2D eigenvalue weighted by atomic mass is 10.0. The first kappa shape index (κ1) is 38.9. The summed E-state index contributed by atoms with van der Waals surface area (Å²) in [5.41, 5.74) is 1.02. The molecular formula is C39H47ClN4O7S. The molecule has 13 heteroatoms. The molecule has 4 atom stereocenters. The fraction of sp³-hybridized carbons (Fsp3) is 0.385. The first-order valence-electron chi connectivity index (χ1n) is 17.5. The van der Waals surface area contributed by atoms with Crippen LogP contribution in [-0.4, -0.2) is 86.9 Å². The zero-order valence-electron chi connectivity index (χ0n) is 29.9. The summed E-state index contributed by atoms with van der Waals surface area (Å²) in [6.45, 7) is 6.18. The van der Waals surface area contributed by atoms with Crippen molar-refractivity contribution in [1.29, 1.82) is 0 Å². The van der Waals surface area contributed by atoms with Crippen LogP contribution < -0.4 is 14.8 Å². The van der Waals surface area contributed by atoms with Crippen molar-refractivity contribution in [1.82, 2.24) is 9.80 Å². The molecule has 0 bridgehead atoms. The fourth-order valence-corrected chi connectivity index (χ4v) is 7.35. The molecular weight excluding hydrogens is 704 g/mol. The molecule has 1 aliphatic heterocycles. The zero-order valence-corrected chi connectivity index (χ0v) is 31.5. The average Bonchev–Trinajstić information content (AvgIpc) is 3.12. The molecule has 3 N–H and O–H groups in total. The van der Waals surface area contributed by atoms with Gasteiger partial charge in [0.25, 0.3) is 15.9 Å². The Morgan fingerprint density at radius 1 is 1.04 bits per heavy atom. The highest BCUT2D eigenvalue weighted by molar-refractivity contribution is 7.92. The highest BCUT2D eigenvalue weighted by Gasteiger charge is 2.31. The third-order valence-corrected chi connectivity index (χ3v) is 10.9. The minimum Gasteiger partial charge on any atom is -0.490 e. The number of hydrogen-bond acceptors (Lipinski definition) is 7. The van der Waals surface area contributed by atoms with Gasteiger partial charge in [-0.25, -0.2) is 13.2 Å². The van der Waals surface area contributed by atoms with E-state index in [4.69, 9.17) is 21.1 Å². The van der Waals surface area contributed by atoms with Crippen molar-refractivity contribution in [3.8, 4) is 5.75 Å². The third-order valence-electron chi connectivity index (χ3n) is 9.26. The molecule has 0 spiro atoms. The number of nitrogens with one attached hydrogen (secondary N) is 2. The number of fused-ring (bicyclic) bond motifs is 2. The summed E-state index contributed by atoms with van der Waals surface area (Å²) in [5.74, 6) is -0.408. The van der Waals surface area contributed by atoms with E-state index in [1.165, 1.54) is 30.3 Å². The van der Waals surface area contributed by atoms with E-state index in [2.05, 4.69) is 10.0 Å². The second-order valence-corrected chi connectivity index (χ2v) is 15.5. The molecule has 0 radical (unpaired) electrons. The normalized spacial score (nSPS) is 19.5. The van der Waals surface area contributed by atoms with Gasteiger partial charge in [-0.2, -0.15) is 0 Å². The van der Waals surface area contributed by atoms with Crippen molar-refractivity contribution in [2.24, 2.45) is 5.92 Å². The molecule has 3 amide bonds. The first-order valence-corrected chi connectivity index (χ1v) is 19.3. The lowest BCUT2D eigenvalue weighted by molar-refractivity contribution is -0.0115. The number of likely N-dealkylation sites (N-methyl/N-ethyl adjacent to an activating group) is 1. The summed E-state index contributed by atoms with van der Waals surface area (Å²) in [7, 11) is -2.29. The van der Waals surface area contributed by atoms with E-state index in [1.54, 1.807) is 35.9 Å². The van der Waals surface area contributed by atoms with Crippen LogP contribution in [0.5, 0.6) is 5.75 Å². The largest absolute Gasteiger partial charge is 0.490 e. The van der Waals surface area contributed by atoms with Crippen molar-refractivity contribution in [3.63, 3.8) is 0 Å². The summed E-state index contributed by atoms with van der Waals surface area (Å²) in [6.07, 6.45) is 1.55. The number of sulfonamides is 1. The Hall–Kier alpha value is -4.36. The Balaban J connectivity index is 1.40. The molecule has 0 unspecified atom stereocenters. The van der Waals surface area contributed by atoms with Crippen LogP contribution in [-0.2, 0) is 14.8 Å². The van der Waals surface area contributed by atoms with Crippen LogP contribution in [0.15, 0.2) is 89.8 Å². The predicted octanol–water partition coefficient (Wildman–Crippen LogP) is 7.25. The number of aliphatic hydroxyl groups excluding tert-OH is 1. The highest BCUT2D eigenvalue weighted by Crippen LogP contribution is 2.30. The van der Waals surface area contributed by atoms with Crippen molar-refractivity contribution in [2.75, 3.05) is 43.4 Å². The van der Waals surface area contributed by atoms with Crippen molar-refractivity contribution < 1.29 is 32.6 Å². The summed E-state index contributed by atoms with van der Waals surface area (Å²) < 4.78 is 41.7. The van der Waals surface area contributed by atoms with Gasteiger partial charge >= 0.3 is 6.03 Å². The topological polar surface area (TPSA) is 138 Å². The second kappa shape index (κ2) is 17.4. The Morgan fingerprint density at radius 3 is 2.52 bits per heavy atom. The maximum Gasteiger partial charge on any atom is 0.321 e. The first-order chi connectivity index (χ1) is 24.9. The van der Waals surface area contributed by atoms with Crippen LogP contribution in [0.4, 0.5) is 16.2 Å². The van der Waals surface area contributed by atoms with Gasteiger partial charge in [0.2, 0.25) is 0 Å². The number of urea groups is 1. The Bertz CT molecular complexity index is 1950. The molecule has 52 heavy (non-hydrogen) atoms. The van der Waals surface area contributed by atoms with Gasteiger partial charge < -0.3 is 29.7 Å². The fourth-order valence-electron chi connectivity index (χ4n) is 6.17. The molecule has 1 aliphatic rings. The van der Waals surface area contributed by atoms with Gasteiger partial charge in [0.05, 0.1) is 41.0 Å². The number of rotatable bonds is 8. The monoisotopic (exact) mass is 750 g/mol. The van der Waals surface area contributed by atoms with Crippen LogP contribution >= 0.6 is 11.6 Å². The number of ether oxygens (including phenoxy) is 2. The lowest BCUT2D eigenvalue weighted by Crippen LogP contribution is -2.48. The molecule has 5 rings (SSSR count). The Kier molecular flexibility index (Phi) is 13.0. The van der Waals surface area contributed by atoms with Gasteiger partial charge in [0.15, 0.2) is 0 Å². The molecule has 0 saturated carbocycles. The van der Waals surface area contributed by atoms with E-state index < -0.39 is 28.1 Å². The molecule has 0 aromatic heterocycles. The number of carbonyl (C=O) groups is 2. The van der Waals surface area contributed by atoms with E-state index in [-0.39, 0.29) is 53.9 Å². The molecule has 1 heterocycles. The smallest absolute Gasteiger partial charge is 0.321 e. The predicted molar refractivity (Wildman–Crippen MR) is 205 cm³/mol. The molecule has 4 aromatic carbocycles. The number of nitrogens with zero attached hydrogens (tertiary/aromatic N) is 2. The van der Waals surface area contributed by atoms with Crippen LogP contribution in [0.2, 0.25) is 5.02 Å². The minimum atomic E-state index is -4.00. The second-order valence-electron chi connectivity index (χ2n) is 13.4. The van der Waals surface area contributed by atoms with Crippen molar-refractivity contribution >= 4 is 55.7 Å². The summed E-state index contributed by atoms with van der Waals surface area (Å²) in [6, 6.07) is 23.1. The highest BCUT2D eigenvalue weighted by atomic mass is 35.5. The number of carbonyl (C=O) groups excluding carboxylic acids is 2. The average molecular weight is 751 g/mol. The SMILES string of the molecule is C[C@@H]1CCCCO[C@@H](CN(C)C(=O)Nc2cccc3ccccc23)[C@H](C)CN([C@@H](C)CO)C(=O)c2cc(NS(=O)(=O)c3ccc(Cl)cc3)ccc2O1. The number of anilines is 2. The maximum atomic E-state index is 14.5. The van der Waals surface area contributed by atoms with E-state index in [0.717, 1.165) is 23.6 Å². The van der Waals surface area contributed by atoms with Crippen LogP contribution in [0, 0.1) is 5.92 Å². The van der Waals surface area contributed by atoms with Crippen LogP contribution in [0.25, 0.3) is 10.8 Å².